The van der Waals surface area contributed by atoms with Gasteiger partial charge in [0.25, 0.3) is 0 Å². The summed E-state index contributed by atoms with van der Waals surface area (Å²) in [6, 6.07) is 3.09. The number of aromatic nitrogens is 1. The summed E-state index contributed by atoms with van der Waals surface area (Å²) < 4.78 is 4.89. The van der Waals surface area contributed by atoms with E-state index in [1.54, 1.807) is 20.1 Å². The van der Waals surface area contributed by atoms with Crippen LogP contribution in [0, 0.1) is 17.0 Å². The quantitative estimate of drug-likeness (QED) is 0.408. The smallest absolute Gasteiger partial charge is 0.311 e. The molecule has 0 amide bonds. The highest BCUT2D eigenvalue weighted by molar-refractivity contribution is 5.55. The Bertz CT molecular complexity index is 398. The Balaban J connectivity index is 2.45. The van der Waals surface area contributed by atoms with Crippen molar-refractivity contribution in [2.75, 3.05) is 38.7 Å². The molecule has 0 atom stereocenters. The van der Waals surface area contributed by atoms with Crippen LogP contribution in [0.1, 0.15) is 5.69 Å². The Hall–Kier alpha value is -1.73. The Labute approximate surface area is 106 Å². The Kier molecular flexibility index (Phi) is 6.03. The number of nitro groups is 1. The number of rotatable bonds is 8. The summed E-state index contributed by atoms with van der Waals surface area (Å²) in [6.07, 6.45) is 0. The first-order chi connectivity index (χ1) is 8.65. The van der Waals surface area contributed by atoms with Gasteiger partial charge >= 0.3 is 5.69 Å². The summed E-state index contributed by atoms with van der Waals surface area (Å²) in [7, 11) is 1.64. The van der Waals surface area contributed by atoms with Gasteiger partial charge in [0.15, 0.2) is 0 Å². The Morgan fingerprint density at radius 1 is 1.39 bits per heavy atom. The van der Waals surface area contributed by atoms with E-state index >= 15 is 0 Å². The zero-order valence-corrected chi connectivity index (χ0v) is 10.6. The molecule has 1 rings (SSSR count). The van der Waals surface area contributed by atoms with Crippen molar-refractivity contribution in [3.05, 3.63) is 27.9 Å². The van der Waals surface area contributed by atoms with Crippen molar-refractivity contribution < 1.29 is 9.66 Å². The minimum atomic E-state index is -0.437. The maximum Gasteiger partial charge on any atom is 0.311 e. The van der Waals surface area contributed by atoms with Crippen LogP contribution in [-0.2, 0) is 4.74 Å². The number of hydrogen-bond acceptors (Lipinski definition) is 6. The van der Waals surface area contributed by atoms with Gasteiger partial charge in [-0.25, -0.2) is 4.98 Å². The maximum atomic E-state index is 10.8. The van der Waals surface area contributed by atoms with Crippen LogP contribution in [0.15, 0.2) is 12.1 Å². The number of nitrogens with zero attached hydrogens (tertiary/aromatic N) is 2. The molecule has 0 aromatic carbocycles. The summed E-state index contributed by atoms with van der Waals surface area (Å²) in [6.45, 7) is 4.45. The van der Waals surface area contributed by atoms with Crippen LogP contribution < -0.4 is 10.6 Å². The van der Waals surface area contributed by atoms with Gasteiger partial charge in [-0.15, -0.1) is 0 Å². The second kappa shape index (κ2) is 7.57. The molecule has 1 aromatic heterocycles. The number of hydrogen-bond donors (Lipinski definition) is 2. The van der Waals surface area contributed by atoms with E-state index in [2.05, 4.69) is 15.6 Å². The number of anilines is 1. The summed E-state index contributed by atoms with van der Waals surface area (Å²) >= 11 is 0. The molecule has 7 nitrogen and oxygen atoms in total. The van der Waals surface area contributed by atoms with Crippen molar-refractivity contribution in [2.45, 2.75) is 6.92 Å². The topological polar surface area (TPSA) is 89.3 Å². The minimum absolute atomic E-state index is 0.00232. The molecule has 18 heavy (non-hydrogen) atoms. The molecule has 0 bridgehead atoms. The van der Waals surface area contributed by atoms with Crippen LogP contribution >= 0.6 is 0 Å². The molecule has 0 saturated heterocycles. The number of aryl methyl sites for hydroxylation is 1. The first kappa shape index (κ1) is 14.3. The fourth-order valence-electron chi connectivity index (χ4n) is 1.40. The lowest BCUT2D eigenvalue weighted by Crippen LogP contribution is -2.25. The number of nitrogens with one attached hydrogen (secondary N) is 2. The fraction of sp³-hybridized carbons (Fsp3) is 0.545. The van der Waals surface area contributed by atoms with E-state index < -0.39 is 4.92 Å². The molecule has 0 spiro atoms. The van der Waals surface area contributed by atoms with E-state index in [0.717, 1.165) is 12.2 Å². The van der Waals surface area contributed by atoms with Gasteiger partial charge in [0, 0.05) is 38.5 Å². The number of pyridine rings is 1. The second-order valence-electron chi connectivity index (χ2n) is 3.75. The number of ether oxygens (including phenoxy) is 1. The van der Waals surface area contributed by atoms with Gasteiger partial charge < -0.3 is 15.4 Å². The molecule has 2 N–H and O–H groups in total. The van der Waals surface area contributed by atoms with Crippen molar-refractivity contribution >= 4 is 11.5 Å². The second-order valence-corrected chi connectivity index (χ2v) is 3.75. The highest BCUT2D eigenvalue weighted by Gasteiger charge is 2.14. The average molecular weight is 254 g/mol. The van der Waals surface area contributed by atoms with Crippen molar-refractivity contribution in [3.63, 3.8) is 0 Å². The van der Waals surface area contributed by atoms with Crippen LogP contribution in [-0.4, -0.2) is 43.3 Å². The van der Waals surface area contributed by atoms with Gasteiger partial charge in [-0.2, -0.15) is 0 Å². The summed E-state index contributed by atoms with van der Waals surface area (Å²) in [5.41, 5.74) is 0.743. The molecule has 100 valence electrons. The van der Waals surface area contributed by atoms with Gasteiger partial charge in [0.1, 0.15) is 0 Å². The average Bonchev–Trinajstić information content (AvgIpc) is 2.33. The van der Waals surface area contributed by atoms with Crippen LogP contribution in [0.2, 0.25) is 0 Å². The minimum Gasteiger partial charge on any atom is -0.383 e. The molecule has 0 fully saturated rings. The highest BCUT2D eigenvalue weighted by Crippen LogP contribution is 2.21. The standard InChI is InChI=1S/C11H18N4O3/c1-9-3-4-10(15(16)17)11(14-9)13-6-5-12-7-8-18-2/h3-4,12H,5-8H2,1-2H3,(H,13,14). The van der Waals surface area contributed by atoms with Gasteiger partial charge in [0.2, 0.25) is 5.82 Å². The van der Waals surface area contributed by atoms with Gasteiger partial charge in [-0.05, 0) is 13.0 Å². The van der Waals surface area contributed by atoms with Gasteiger partial charge in [-0.3, -0.25) is 10.1 Å². The van der Waals surface area contributed by atoms with Gasteiger partial charge in [-0.1, -0.05) is 0 Å². The monoisotopic (exact) mass is 254 g/mol. The lowest BCUT2D eigenvalue weighted by atomic mass is 10.3. The molecule has 0 saturated carbocycles. The largest absolute Gasteiger partial charge is 0.383 e. The predicted molar refractivity (Wildman–Crippen MR) is 68.9 cm³/mol. The molecule has 0 aliphatic heterocycles. The molecular formula is C11H18N4O3. The lowest BCUT2D eigenvalue weighted by molar-refractivity contribution is -0.384. The van der Waals surface area contributed by atoms with Crippen molar-refractivity contribution in [1.82, 2.24) is 10.3 Å². The lowest BCUT2D eigenvalue weighted by Gasteiger charge is -2.07. The zero-order valence-electron chi connectivity index (χ0n) is 10.6. The first-order valence-electron chi connectivity index (χ1n) is 5.70. The first-order valence-corrected chi connectivity index (χ1v) is 5.70. The molecule has 0 unspecified atom stereocenters. The summed E-state index contributed by atoms with van der Waals surface area (Å²) in [5, 5.41) is 16.9. The van der Waals surface area contributed by atoms with Crippen LogP contribution in [0.3, 0.4) is 0 Å². The Morgan fingerprint density at radius 3 is 2.83 bits per heavy atom. The van der Waals surface area contributed by atoms with Crippen molar-refractivity contribution in [1.29, 1.82) is 0 Å². The summed E-state index contributed by atoms with van der Waals surface area (Å²) in [5.74, 6) is 0.313. The third-order valence-corrected chi connectivity index (χ3v) is 2.29. The molecule has 0 radical (unpaired) electrons. The van der Waals surface area contributed by atoms with Crippen LogP contribution in [0.4, 0.5) is 11.5 Å². The molecule has 0 aliphatic carbocycles. The van der Waals surface area contributed by atoms with E-state index in [4.69, 9.17) is 4.74 Å². The van der Waals surface area contributed by atoms with Gasteiger partial charge in [0.05, 0.1) is 11.5 Å². The highest BCUT2D eigenvalue weighted by atomic mass is 16.6. The zero-order chi connectivity index (χ0) is 13.4. The predicted octanol–water partition coefficient (Wildman–Crippen LogP) is 0.946. The van der Waals surface area contributed by atoms with Crippen molar-refractivity contribution in [2.24, 2.45) is 0 Å². The number of methoxy groups -OCH3 is 1. The third kappa shape index (κ3) is 4.64. The molecular weight excluding hydrogens is 236 g/mol. The molecule has 1 aromatic rings. The van der Waals surface area contributed by atoms with Crippen molar-refractivity contribution in [3.8, 4) is 0 Å². The van der Waals surface area contributed by atoms with Crippen LogP contribution in [0.5, 0.6) is 0 Å². The summed E-state index contributed by atoms with van der Waals surface area (Å²) in [4.78, 5) is 14.5. The third-order valence-electron chi connectivity index (χ3n) is 2.29. The maximum absolute atomic E-state index is 10.8. The molecule has 0 aliphatic rings. The SMILES string of the molecule is COCCNCCNc1nc(C)ccc1[N+](=O)[O-]. The van der Waals surface area contributed by atoms with E-state index in [1.807, 2.05) is 0 Å². The van der Waals surface area contributed by atoms with E-state index in [9.17, 15) is 10.1 Å². The van der Waals surface area contributed by atoms with E-state index in [-0.39, 0.29) is 5.69 Å². The van der Waals surface area contributed by atoms with E-state index in [0.29, 0.717) is 25.5 Å². The normalized spacial score (nSPS) is 10.3. The van der Waals surface area contributed by atoms with Crippen LogP contribution in [0.25, 0.3) is 0 Å². The molecule has 7 heteroatoms. The fourth-order valence-corrected chi connectivity index (χ4v) is 1.40. The molecule has 1 heterocycles. The Morgan fingerprint density at radius 2 is 2.17 bits per heavy atom. The van der Waals surface area contributed by atoms with E-state index in [1.165, 1.54) is 6.07 Å².